The summed E-state index contributed by atoms with van der Waals surface area (Å²) < 4.78 is 5.53. The van der Waals surface area contributed by atoms with Gasteiger partial charge in [0.2, 0.25) is 0 Å². The summed E-state index contributed by atoms with van der Waals surface area (Å²) >= 11 is 6.79. The van der Waals surface area contributed by atoms with Crippen molar-refractivity contribution in [1.82, 2.24) is 16.2 Å². The average Bonchev–Trinajstić information content (AvgIpc) is 3.26. The largest absolute Gasteiger partial charge is 0.376 e. The fourth-order valence-corrected chi connectivity index (χ4v) is 4.53. The SMILES string of the molecule is CC[C@H]1CCc2sc(C(=O)NNC(=S)NC[C@@H]3CCCO3)cc2C1. The van der Waals surface area contributed by atoms with Crippen molar-refractivity contribution in [2.45, 2.75) is 51.6 Å². The molecule has 2 atom stereocenters. The Kier molecular flexibility index (Phi) is 6.08. The molecule has 0 aromatic carbocycles. The Morgan fingerprint density at radius 2 is 2.29 bits per heavy atom. The number of rotatable bonds is 4. The van der Waals surface area contributed by atoms with E-state index < -0.39 is 0 Å². The number of thiophene rings is 1. The molecule has 0 saturated carbocycles. The summed E-state index contributed by atoms with van der Waals surface area (Å²) in [5.41, 5.74) is 6.81. The van der Waals surface area contributed by atoms with Crippen LogP contribution in [-0.2, 0) is 17.6 Å². The number of thiocarbonyl (C=S) groups is 1. The quantitative estimate of drug-likeness (QED) is 0.564. The van der Waals surface area contributed by atoms with Gasteiger partial charge in [-0.05, 0) is 61.9 Å². The van der Waals surface area contributed by atoms with Crippen LogP contribution in [0.4, 0.5) is 0 Å². The van der Waals surface area contributed by atoms with Crippen LogP contribution in [0.3, 0.4) is 0 Å². The van der Waals surface area contributed by atoms with Gasteiger partial charge in [-0.15, -0.1) is 11.3 Å². The zero-order valence-corrected chi connectivity index (χ0v) is 15.7. The fourth-order valence-electron chi connectivity index (χ4n) is 3.29. The van der Waals surface area contributed by atoms with Crippen molar-refractivity contribution in [3.05, 3.63) is 21.4 Å². The lowest BCUT2D eigenvalue weighted by Gasteiger charge is -2.19. The topological polar surface area (TPSA) is 62.4 Å². The Hall–Kier alpha value is -1.18. The molecule has 0 bridgehead atoms. The van der Waals surface area contributed by atoms with Crippen LogP contribution in [0, 0.1) is 5.92 Å². The number of nitrogens with one attached hydrogen (secondary N) is 3. The van der Waals surface area contributed by atoms with Gasteiger partial charge in [0.25, 0.3) is 5.91 Å². The van der Waals surface area contributed by atoms with E-state index in [9.17, 15) is 4.79 Å². The standard InChI is InChI=1S/C17H25N3O2S2/c1-2-11-5-6-14-12(8-11)9-15(24-14)16(21)19-20-17(23)18-10-13-4-3-7-22-13/h9,11,13H,2-8,10H2,1H3,(H,19,21)(H2,18,20,23)/t11-,13-/m0/s1. The lowest BCUT2D eigenvalue weighted by Crippen LogP contribution is -2.48. The van der Waals surface area contributed by atoms with E-state index in [1.807, 2.05) is 6.07 Å². The van der Waals surface area contributed by atoms with Gasteiger partial charge in [-0.1, -0.05) is 13.3 Å². The summed E-state index contributed by atoms with van der Waals surface area (Å²) in [4.78, 5) is 14.4. The van der Waals surface area contributed by atoms with Gasteiger partial charge in [-0.3, -0.25) is 15.6 Å². The van der Waals surface area contributed by atoms with Crippen LogP contribution < -0.4 is 16.2 Å². The van der Waals surface area contributed by atoms with Crippen molar-refractivity contribution in [1.29, 1.82) is 0 Å². The molecule has 0 radical (unpaired) electrons. The normalized spacial score (nSPS) is 22.7. The molecule has 0 unspecified atom stereocenters. The number of amides is 1. The smallest absolute Gasteiger partial charge is 0.279 e. The Bertz CT molecular complexity index is 597. The second kappa shape index (κ2) is 8.27. The zero-order valence-electron chi connectivity index (χ0n) is 14.0. The molecule has 3 N–H and O–H groups in total. The Labute approximate surface area is 152 Å². The van der Waals surface area contributed by atoms with Gasteiger partial charge in [0.1, 0.15) is 0 Å². The van der Waals surface area contributed by atoms with E-state index in [0.717, 1.165) is 43.1 Å². The molecule has 1 aliphatic heterocycles. The lowest BCUT2D eigenvalue weighted by molar-refractivity contribution is 0.0947. The Balaban J connectivity index is 1.45. The Morgan fingerprint density at radius 3 is 3.04 bits per heavy atom. The maximum atomic E-state index is 12.3. The van der Waals surface area contributed by atoms with Gasteiger partial charge >= 0.3 is 0 Å². The fraction of sp³-hybridized carbons (Fsp3) is 0.647. The van der Waals surface area contributed by atoms with Crippen molar-refractivity contribution < 1.29 is 9.53 Å². The molecule has 1 amide bonds. The second-order valence-electron chi connectivity index (χ2n) is 6.50. The predicted octanol–water partition coefficient (Wildman–Crippen LogP) is 2.55. The molecule has 2 aliphatic rings. The van der Waals surface area contributed by atoms with Crippen LogP contribution in [-0.4, -0.2) is 30.3 Å². The summed E-state index contributed by atoms with van der Waals surface area (Å²) in [6, 6.07) is 2.04. The van der Waals surface area contributed by atoms with Gasteiger partial charge in [-0.25, -0.2) is 0 Å². The number of carbonyl (C=O) groups excluding carboxylic acids is 1. The van der Waals surface area contributed by atoms with Crippen LogP contribution >= 0.6 is 23.6 Å². The van der Waals surface area contributed by atoms with E-state index in [1.54, 1.807) is 11.3 Å². The van der Waals surface area contributed by atoms with E-state index in [1.165, 1.54) is 23.3 Å². The van der Waals surface area contributed by atoms with Gasteiger partial charge in [-0.2, -0.15) is 0 Å². The molecule has 24 heavy (non-hydrogen) atoms. The van der Waals surface area contributed by atoms with Crippen molar-refractivity contribution >= 4 is 34.6 Å². The highest BCUT2D eigenvalue weighted by Gasteiger charge is 2.22. The van der Waals surface area contributed by atoms with E-state index in [0.29, 0.717) is 11.7 Å². The lowest BCUT2D eigenvalue weighted by atomic mass is 9.87. The number of hydrazine groups is 1. The summed E-state index contributed by atoms with van der Waals surface area (Å²) in [6.07, 6.45) is 7.03. The summed E-state index contributed by atoms with van der Waals surface area (Å²) in [7, 11) is 0. The Morgan fingerprint density at radius 1 is 1.42 bits per heavy atom. The first kappa shape index (κ1) is 17.6. The molecule has 7 heteroatoms. The molecule has 2 heterocycles. The van der Waals surface area contributed by atoms with Crippen molar-refractivity contribution in [2.24, 2.45) is 5.92 Å². The van der Waals surface area contributed by atoms with E-state index >= 15 is 0 Å². The highest BCUT2D eigenvalue weighted by atomic mass is 32.1. The maximum absolute atomic E-state index is 12.3. The third-order valence-corrected chi connectivity index (χ3v) is 6.27. The van der Waals surface area contributed by atoms with Crippen LogP contribution in [0.1, 0.15) is 52.7 Å². The number of hydrogen-bond donors (Lipinski definition) is 3. The second-order valence-corrected chi connectivity index (χ2v) is 8.05. The highest BCUT2D eigenvalue weighted by molar-refractivity contribution is 7.80. The number of carbonyl (C=O) groups is 1. The van der Waals surface area contributed by atoms with Crippen LogP contribution in [0.15, 0.2) is 6.07 Å². The first-order valence-electron chi connectivity index (χ1n) is 8.73. The van der Waals surface area contributed by atoms with Gasteiger partial charge in [0.05, 0.1) is 11.0 Å². The molecule has 1 aromatic heterocycles. The predicted molar refractivity (Wildman–Crippen MR) is 100 cm³/mol. The third-order valence-electron chi connectivity index (χ3n) is 4.79. The molecular formula is C17H25N3O2S2. The monoisotopic (exact) mass is 367 g/mol. The molecule has 1 saturated heterocycles. The molecule has 1 aliphatic carbocycles. The van der Waals surface area contributed by atoms with Gasteiger partial charge in [0.15, 0.2) is 5.11 Å². The molecule has 3 rings (SSSR count). The van der Waals surface area contributed by atoms with Crippen LogP contribution in [0.25, 0.3) is 0 Å². The van der Waals surface area contributed by atoms with E-state index in [2.05, 4.69) is 23.1 Å². The summed E-state index contributed by atoms with van der Waals surface area (Å²) in [6.45, 7) is 3.74. The maximum Gasteiger partial charge on any atom is 0.279 e. The number of aryl methyl sites for hydroxylation is 1. The molecule has 5 nitrogen and oxygen atoms in total. The van der Waals surface area contributed by atoms with E-state index in [-0.39, 0.29) is 12.0 Å². The highest BCUT2D eigenvalue weighted by Crippen LogP contribution is 2.33. The minimum atomic E-state index is -0.122. The number of hydrogen-bond acceptors (Lipinski definition) is 4. The zero-order chi connectivity index (χ0) is 16.9. The summed E-state index contributed by atoms with van der Waals surface area (Å²) in [5.74, 6) is 0.638. The van der Waals surface area contributed by atoms with Crippen molar-refractivity contribution in [2.75, 3.05) is 13.2 Å². The average molecular weight is 368 g/mol. The molecule has 1 aromatic rings. The first-order chi connectivity index (χ1) is 11.7. The summed E-state index contributed by atoms with van der Waals surface area (Å²) in [5, 5.41) is 3.50. The van der Waals surface area contributed by atoms with Crippen molar-refractivity contribution in [3.63, 3.8) is 0 Å². The van der Waals surface area contributed by atoms with Crippen LogP contribution in [0.2, 0.25) is 0 Å². The molecule has 132 valence electrons. The van der Waals surface area contributed by atoms with Crippen molar-refractivity contribution in [3.8, 4) is 0 Å². The number of ether oxygens (including phenoxy) is 1. The molecule has 0 spiro atoms. The molecular weight excluding hydrogens is 342 g/mol. The van der Waals surface area contributed by atoms with Gasteiger partial charge < -0.3 is 10.1 Å². The van der Waals surface area contributed by atoms with Crippen LogP contribution in [0.5, 0.6) is 0 Å². The van der Waals surface area contributed by atoms with E-state index in [4.69, 9.17) is 17.0 Å². The number of fused-ring (bicyclic) bond motifs is 1. The minimum Gasteiger partial charge on any atom is -0.376 e. The third kappa shape index (κ3) is 4.46. The minimum absolute atomic E-state index is 0.122. The first-order valence-corrected chi connectivity index (χ1v) is 9.95. The van der Waals surface area contributed by atoms with Gasteiger partial charge in [0, 0.05) is 18.0 Å². The molecule has 1 fully saturated rings.